The monoisotopic (exact) mass is 466 g/mol. The standard InChI is InChI=1S/C14H25F3N4O2.HI/c1-2-18-13(20-6-3-9-23-10-14(15,16)17)21-8-7-19-12(22)11-4-5-11;/h11H,2-10H2,1H3,(H,19,22)(H2,18,20,21);1H. The predicted molar refractivity (Wildman–Crippen MR) is 96.6 cm³/mol. The number of rotatable bonds is 10. The van der Waals surface area contributed by atoms with Gasteiger partial charge in [-0.3, -0.25) is 9.79 Å². The molecule has 0 atom stereocenters. The minimum atomic E-state index is -4.29. The van der Waals surface area contributed by atoms with Gasteiger partial charge in [0.15, 0.2) is 5.96 Å². The van der Waals surface area contributed by atoms with E-state index in [0.29, 0.717) is 38.6 Å². The third-order valence-electron chi connectivity index (χ3n) is 2.99. The van der Waals surface area contributed by atoms with Crippen LogP contribution in [0.25, 0.3) is 0 Å². The van der Waals surface area contributed by atoms with Crippen molar-refractivity contribution in [1.29, 1.82) is 0 Å². The van der Waals surface area contributed by atoms with Crippen LogP contribution in [0.2, 0.25) is 0 Å². The summed E-state index contributed by atoms with van der Waals surface area (Å²) in [4.78, 5) is 15.7. The van der Waals surface area contributed by atoms with E-state index < -0.39 is 12.8 Å². The van der Waals surface area contributed by atoms with Crippen molar-refractivity contribution in [2.24, 2.45) is 10.9 Å². The van der Waals surface area contributed by atoms with Gasteiger partial charge in [0.25, 0.3) is 0 Å². The second-order valence-electron chi connectivity index (χ2n) is 5.27. The molecule has 0 saturated heterocycles. The van der Waals surface area contributed by atoms with Crippen molar-refractivity contribution in [1.82, 2.24) is 16.0 Å². The van der Waals surface area contributed by atoms with Gasteiger partial charge in [-0.1, -0.05) is 0 Å². The van der Waals surface area contributed by atoms with Crippen molar-refractivity contribution < 1.29 is 22.7 Å². The summed E-state index contributed by atoms with van der Waals surface area (Å²) in [5, 5.41) is 8.91. The Bertz CT molecular complexity index is 391. The summed E-state index contributed by atoms with van der Waals surface area (Å²) in [7, 11) is 0. The van der Waals surface area contributed by atoms with Crippen molar-refractivity contribution in [2.45, 2.75) is 32.4 Å². The summed E-state index contributed by atoms with van der Waals surface area (Å²) in [6, 6.07) is 0. The van der Waals surface area contributed by atoms with Gasteiger partial charge in [-0.25, -0.2) is 0 Å². The molecular weight excluding hydrogens is 440 g/mol. The second-order valence-corrected chi connectivity index (χ2v) is 5.27. The molecule has 0 aliphatic heterocycles. The number of nitrogens with zero attached hydrogens (tertiary/aromatic N) is 1. The zero-order valence-electron chi connectivity index (χ0n) is 13.7. The average molecular weight is 466 g/mol. The lowest BCUT2D eigenvalue weighted by Gasteiger charge is -2.12. The largest absolute Gasteiger partial charge is 0.411 e. The van der Waals surface area contributed by atoms with E-state index in [0.717, 1.165) is 12.8 Å². The molecule has 6 nitrogen and oxygen atoms in total. The van der Waals surface area contributed by atoms with E-state index in [1.165, 1.54) is 0 Å². The first kappa shape index (κ1) is 23.2. The van der Waals surface area contributed by atoms with Crippen LogP contribution in [0.1, 0.15) is 26.2 Å². The maximum atomic E-state index is 11.9. The lowest BCUT2D eigenvalue weighted by atomic mass is 10.4. The Hall–Kier alpha value is -0.780. The van der Waals surface area contributed by atoms with Crippen molar-refractivity contribution in [3.05, 3.63) is 0 Å². The zero-order chi connectivity index (χ0) is 17.1. The van der Waals surface area contributed by atoms with Gasteiger partial charge in [-0.15, -0.1) is 24.0 Å². The molecule has 1 fully saturated rings. The molecule has 0 aromatic rings. The van der Waals surface area contributed by atoms with Crippen LogP contribution in [-0.4, -0.2) is 57.4 Å². The van der Waals surface area contributed by atoms with Crippen LogP contribution < -0.4 is 16.0 Å². The molecule has 0 radical (unpaired) electrons. The zero-order valence-corrected chi connectivity index (χ0v) is 16.1. The van der Waals surface area contributed by atoms with Crippen LogP contribution in [0, 0.1) is 5.92 Å². The van der Waals surface area contributed by atoms with E-state index in [1.807, 2.05) is 6.92 Å². The summed E-state index contributed by atoms with van der Waals surface area (Å²) < 4.78 is 40.1. The lowest BCUT2D eigenvalue weighted by molar-refractivity contribution is -0.173. The molecule has 0 heterocycles. The fourth-order valence-electron chi connectivity index (χ4n) is 1.74. The average Bonchev–Trinajstić information content (AvgIpc) is 3.30. The van der Waals surface area contributed by atoms with E-state index in [1.54, 1.807) is 0 Å². The van der Waals surface area contributed by atoms with E-state index in [-0.39, 0.29) is 42.4 Å². The van der Waals surface area contributed by atoms with Gasteiger partial charge in [-0.05, 0) is 26.2 Å². The number of amides is 1. The van der Waals surface area contributed by atoms with Crippen LogP contribution >= 0.6 is 24.0 Å². The molecule has 3 N–H and O–H groups in total. The quantitative estimate of drug-likeness (QED) is 0.198. The molecular formula is C14H26F3IN4O2. The van der Waals surface area contributed by atoms with Gasteiger partial charge >= 0.3 is 6.18 Å². The van der Waals surface area contributed by atoms with E-state index >= 15 is 0 Å². The molecule has 1 aliphatic rings. The Kier molecular flexibility index (Phi) is 12.2. The normalized spacial score (nSPS) is 14.8. The maximum Gasteiger partial charge on any atom is 0.411 e. The Morgan fingerprint density at radius 1 is 1.21 bits per heavy atom. The third kappa shape index (κ3) is 12.6. The molecule has 1 rings (SSSR count). The number of alkyl halides is 3. The number of carbonyl (C=O) groups is 1. The number of halogens is 4. The minimum Gasteiger partial charge on any atom is -0.372 e. The number of nitrogens with one attached hydrogen (secondary N) is 3. The van der Waals surface area contributed by atoms with Crippen molar-refractivity contribution >= 4 is 35.8 Å². The molecule has 0 aromatic heterocycles. The fourth-order valence-corrected chi connectivity index (χ4v) is 1.74. The minimum absolute atomic E-state index is 0. The van der Waals surface area contributed by atoms with Gasteiger partial charge < -0.3 is 20.7 Å². The molecule has 10 heteroatoms. The van der Waals surface area contributed by atoms with Gasteiger partial charge in [0.1, 0.15) is 6.61 Å². The third-order valence-corrected chi connectivity index (χ3v) is 2.99. The number of hydrogen-bond acceptors (Lipinski definition) is 3. The highest BCUT2D eigenvalue weighted by Gasteiger charge is 2.29. The van der Waals surface area contributed by atoms with Gasteiger partial charge in [0.2, 0.25) is 5.91 Å². The highest BCUT2D eigenvalue weighted by molar-refractivity contribution is 14.0. The molecule has 1 aliphatic carbocycles. The molecule has 0 unspecified atom stereocenters. The van der Waals surface area contributed by atoms with Crippen LogP contribution in [0.3, 0.4) is 0 Å². The van der Waals surface area contributed by atoms with Gasteiger partial charge in [0, 0.05) is 38.7 Å². The molecule has 0 aromatic carbocycles. The van der Waals surface area contributed by atoms with Crippen molar-refractivity contribution in [3.8, 4) is 0 Å². The van der Waals surface area contributed by atoms with E-state index in [9.17, 15) is 18.0 Å². The lowest BCUT2D eigenvalue weighted by Crippen LogP contribution is -2.41. The summed E-state index contributed by atoms with van der Waals surface area (Å²) >= 11 is 0. The van der Waals surface area contributed by atoms with Crippen molar-refractivity contribution in [3.63, 3.8) is 0 Å². The molecule has 0 spiro atoms. The van der Waals surface area contributed by atoms with Crippen LogP contribution in [-0.2, 0) is 9.53 Å². The number of carbonyl (C=O) groups excluding carboxylic acids is 1. The first-order chi connectivity index (χ1) is 10.9. The summed E-state index contributed by atoms with van der Waals surface area (Å²) in [5.41, 5.74) is 0. The molecule has 24 heavy (non-hydrogen) atoms. The Morgan fingerprint density at radius 3 is 2.46 bits per heavy atom. The summed E-state index contributed by atoms with van der Waals surface area (Å²) in [5.74, 6) is 0.855. The maximum absolute atomic E-state index is 11.9. The van der Waals surface area contributed by atoms with Crippen molar-refractivity contribution in [2.75, 3.05) is 39.4 Å². The van der Waals surface area contributed by atoms with Gasteiger partial charge in [0.05, 0.1) is 0 Å². The van der Waals surface area contributed by atoms with Crippen LogP contribution in [0.4, 0.5) is 13.2 Å². The summed E-state index contributed by atoms with van der Waals surface area (Å²) in [6.45, 7) is 2.78. The predicted octanol–water partition coefficient (Wildman–Crippen LogP) is 1.65. The smallest absolute Gasteiger partial charge is 0.372 e. The van der Waals surface area contributed by atoms with Crippen LogP contribution in [0.15, 0.2) is 4.99 Å². The molecule has 1 amide bonds. The number of hydrogen-bond donors (Lipinski definition) is 3. The summed E-state index contributed by atoms with van der Waals surface area (Å²) in [6.07, 6.45) is -1.94. The fraction of sp³-hybridized carbons (Fsp3) is 0.857. The Morgan fingerprint density at radius 2 is 1.88 bits per heavy atom. The SMILES string of the molecule is CCNC(=NCCCOCC(F)(F)F)NCCNC(=O)C1CC1.I. The van der Waals surface area contributed by atoms with E-state index in [2.05, 4.69) is 25.7 Å². The number of guanidine groups is 1. The number of ether oxygens (including phenoxy) is 1. The second kappa shape index (κ2) is 12.6. The van der Waals surface area contributed by atoms with Crippen LogP contribution in [0.5, 0.6) is 0 Å². The first-order valence-corrected chi connectivity index (χ1v) is 7.86. The topological polar surface area (TPSA) is 74.8 Å². The van der Waals surface area contributed by atoms with E-state index in [4.69, 9.17) is 0 Å². The molecule has 142 valence electrons. The number of aliphatic imine (C=N–C) groups is 1. The first-order valence-electron chi connectivity index (χ1n) is 7.86. The highest BCUT2D eigenvalue weighted by atomic mass is 127. The molecule has 0 bridgehead atoms. The Labute approximate surface area is 157 Å². The Balaban J connectivity index is 0.00000529. The van der Waals surface area contributed by atoms with Gasteiger partial charge in [-0.2, -0.15) is 13.2 Å². The highest BCUT2D eigenvalue weighted by Crippen LogP contribution is 2.28. The molecule has 1 saturated carbocycles.